The maximum absolute atomic E-state index is 5.19. The molecule has 94 valence electrons. The summed E-state index contributed by atoms with van der Waals surface area (Å²) >= 11 is 0. The first-order valence-corrected chi connectivity index (χ1v) is 6.64. The molecule has 0 spiro atoms. The van der Waals surface area contributed by atoms with Gasteiger partial charge in [0.2, 0.25) is 0 Å². The van der Waals surface area contributed by atoms with Crippen molar-refractivity contribution in [1.82, 2.24) is 5.32 Å². The topological polar surface area (TPSA) is 21.3 Å². The Kier molecular flexibility index (Phi) is 4.06. The minimum atomic E-state index is 0.469. The Morgan fingerprint density at radius 1 is 1.29 bits per heavy atom. The molecule has 0 bridgehead atoms. The molecule has 2 unspecified atom stereocenters. The molecule has 2 rings (SSSR count). The lowest BCUT2D eigenvalue weighted by Crippen LogP contribution is -2.31. The van der Waals surface area contributed by atoms with Crippen LogP contribution < -0.4 is 10.1 Å². The van der Waals surface area contributed by atoms with Crippen molar-refractivity contribution >= 4 is 0 Å². The molecule has 0 heterocycles. The van der Waals surface area contributed by atoms with Crippen LogP contribution in [0, 0.1) is 5.92 Å². The number of rotatable bonds is 6. The third-order valence-electron chi connectivity index (χ3n) is 3.72. The van der Waals surface area contributed by atoms with E-state index in [2.05, 4.69) is 31.3 Å². The SMILES string of the molecule is CCC(NC(C)C1CC1)c1ccc(OC)cc1. The van der Waals surface area contributed by atoms with E-state index in [4.69, 9.17) is 4.74 Å². The summed E-state index contributed by atoms with van der Waals surface area (Å²) in [4.78, 5) is 0. The van der Waals surface area contributed by atoms with E-state index < -0.39 is 0 Å². The molecule has 2 heteroatoms. The standard InChI is InChI=1S/C15H23NO/c1-4-15(16-11(2)12-5-6-12)13-7-9-14(17-3)10-8-13/h7-12,15-16H,4-6H2,1-3H3. The summed E-state index contributed by atoms with van der Waals surface area (Å²) in [6.07, 6.45) is 3.92. The predicted molar refractivity (Wildman–Crippen MR) is 71.3 cm³/mol. The summed E-state index contributed by atoms with van der Waals surface area (Å²) in [5.41, 5.74) is 1.36. The largest absolute Gasteiger partial charge is 0.497 e. The van der Waals surface area contributed by atoms with Crippen LogP contribution in [0.25, 0.3) is 0 Å². The highest BCUT2D eigenvalue weighted by Gasteiger charge is 2.29. The summed E-state index contributed by atoms with van der Waals surface area (Å²) in [5, 5.41) is 3.74. The van der Waals surface area contributed by atoms with E-state index in [1.54, 1.807) is 7.11 Å². The van der Waals surface area contributed by atoms with E-state index in [0.29, 0.717) is 12.1 Å². The average Bonchev–Trinajstić information content (AvgIpc) is 3.20. The minimum absolute atomic E-state index is 0.469. The Balaban J connectivity index is 2.00. The van der Waals surface area contributed by atoms with Crippen LogP contribution in [0.5, 0.6) is 5.75 Å². The van der Waals surface area contributed by atoms with E-state index in [0.717, 1.165) is 18.1 Å². The van der Waals surface area contributed by atoms with Crippen LogP contribution in [0.1, 0.15) is 44.7 Å². The summed E-state index contributed by atoms with van der Waals surface area (Å²) in [6, 6.07) is 9.53. The number of hydrogen-bond acceptors (Lipinski definition) is 2. The quantitative estimate of drug-likeness (QED) is 0.811. The van der Waals surface area contributed by atoms with Crippen LogP contribution in [-0.4, -0.2) is 13.2 Å². The second kappa shape index (κ2) is 5.54. The molecule has 2 atom stereocenters. The molecule has 1 saturated carbocycles. The Hall–Kier alpha value is -1.02. The molecule has 0 radical (unpaired) electrons. The summed E-state index contributed by atoms with van der Waals surface area (Å²) in [7, 11) is 1.71. The monoisotopic (exact) mass is 233 g/mol. The first kappa shape index (κ1) is 12.4. The van der Waals surface area contributed by atoms with Crippen molar-refractivity contribution < 1.29 is 4.74 Å². The fraction of sp³-hybridized carbons (Fsp3) is 0.600. The van der Waals surface area contributed by atoms with Crippen LogP contribution in [0.15, 0.2) is 24.3 Å². The van der Waals surface area contributed by atoms with Crippen molar-refractivity contribution in [3.05, 3.63) is 29.8 Å². The van der Waals surface area contributed by atoms with Crippen LogP contribution in [0.4, 0.5) is 0 Å². The summed E-state index contributed by atoms with van der Waals surface area (Å²) < 4.78 is 5.19. The van der Waals surface area contributed by atoms with Gasteiger partial charge in [0.1, 0.15) is 5.75 Å². The molecular weight excluding hydrogens is 210 g/mol. The lowest BCUT2D eigenvalue weighted by molar-refractivity contribution is 0.408. The molecule has 1 aromatic carbocycles. The Labute approximate surface area is 104 Å². The number of ether oxygens (including phenoxy) is 1. The van der Waals surface area contributed by atoms with Gasteiger partial charge >= 0.3 is 0 Å². The maximum atomic E-state index is 5.19. The fourth-order valence-corrected chi connectivity index (χ4v) is 2.34. The predicted octanol–water partition coefficient (Wildman–Crippen LogP) is 3.53. The molecule has 17 heavy (non-hydrogen) atoms. The maximum Gasteiger partial charge on any atom is 0.118 e. The summed E-state index contributed by atoms with van der Waals surface area (Å²) in [5.74, 6) is 1.83. The molecule has 2 nitrogen and oxygen atoms in total. The van der Waals surface area contributed by atoms with Crippen LogP contribution >= 0.6 is 0 Å². The Morgan fingerprint density at radius 3 is 2.41 bits per heavy atom. The number of methoxy groups -OCH3 is 1. The molecule has 0 aliphatic heterocycles. The van der Waals surface area contributed by atoms with Gasteiger partial charge in [0, 0.05) is 12.1 Å². The second-order valence-electron chi connectivity index (χ2n) is 5.03. The highest BCUT2D eigenvalue weighted by atomic mass is 16.5. The van der Waals surface area contributed by atoms with Crippen LogP contribution in [0.3, 0.4) is 0 Å². The lowest BCUT2D eigenvalue weighted by atomic mass is 10.0. The molecule has 1 aliphatic rings. The van der Waals surface area contributed by atoms with Gasteiger partial charge in [-0.25, -0.2) is 0 Å². The third-order valence-corrected chi connectivity index (χ3v) is 3.72. The molecule has 1 N–H and O–H groups in total. The van der Waals surface area contributed by atoms with Crippen LogP contribution in [-0.2, 0) is 0 Å². The van der Waals surface area contributed by atoms with Crippen molar-refractivity contribution in [2.45, 2.75) is 45.2 Å². The van der Waals surface area contributed by atoms with Gasteiger partial charge < -0.3 is 10.1 Å². The molecule has 0 amide bonds. The zero-order chi connectivity index (χ0) is 12.3. The van der Waals surface area contributed by atoms with Gasteiger partial charge in [0.15, 0.2) is 0 Å². The van der Waals surface area contributed by atoms with Gasteiger partial charge in [-0.1, -0.05) is 19.1 Å². The van der Waals surface area contributed by atoms with Gasteiger partial charge in [-0.3, -0.25) is 0 Å². The van der Waals surface area contributed by atoms with Crippen LogP contribution in [0.2, 0.25) is 0 Å². The zero-order valence-corrected chi connectivity index (χ0v) is 11.1. The average molecular weight is 233 g/mol. The molecule has 1 fully saturated rings. The highest BCUT2D eigenvalue weighted by molar-refractivity contribution is 5.29. The van der Waals surface area contributed by atoms with Gasteiger partial charge in [0.05, 0.1) is 7.11 Å². The smallest absolute Gasteiger partial charge is 0.118 e. The van der Waals surface area contributed by atoms with Crippen molar-refractivity contribution in [2.75, 3.05) is 7.11 Å². The van der Waals surface area contributed by atoms with Crippen molar-refractivity contribution in [2.24, 2.45) is 5.92 Å². The first-order valence-electron chi connectivity index (χ1n) is 6.64. The molecule has 0 saturated heterocycles. The van der Waals surface area contributed by atoms with Gasteiger partial charge in [-0.15, -0.1) is 0 Å². The lowest BCUT2D eigenvalue weighted by Gasteiger charge is -2.22. The van der Waals surface area contributed by atoms with Gasteiger partial charge in [-0.05, 0) is 49.8 Å². The van der Waals surface area contributed by atoms with Crippen molar-refractivity contribution in [3.63, 3.8) is 0 Å². The number of nitrogens with one attached hydrogen (secondary N) is 1. The second-order valence-corrected chi connectivity index (χ2v) is 5.03. The molecular formula is C15H23NO. The van der Waals surface area contributed by atoms with Gasteiger partial charge in [-0.2, -0.15) is 0 Å². The van der Waals surface area contributed by atoms with E-state index in [9.17, 15) is 0 Å². The Morgan fingerprint density at radius 2 is 1.94 bits per heavy atom. The van der Waals surface area contributed by atoms with E-state index in [-0.39, 0.29) is 0 Å². The van der Waals surface area contributed by atoms with E-state index in [1.807, 2.05) is 12.1 Å². The molecule has 1 aliphatic carbocycles. The molecule has 1 aromatic rings. The van der Waals surface area contributed by atoms with Crippen molar-refractivity contribution in [3.8, 4) is 5.75 Å². The number of benzene rings is 1. The minimum Gasteiger partial charge on any atom is -0.497 e. The summed E-state index contributed by atoms with van der Waals surface area (Å²) in [6.45, 7) is 4.55. The van der Waals surface area contributed by atoms with Crippen molar-refractivity contribution in [1.29, 1.82) is 0 Å². The first-order chi connectivity index (χ1) is 8.24. The Bertz CT molecular complexity index is 342. The van der Waals surface area contributed by atoms with E-state index in [1.165, 1.54) is 18.4 Å². The number of hydrogen-bond donors (Lipinski definition) is 1. The fourth-order valence-electron chi connectivity index (χ4n) is 2.34. The van der Waals surface area contributed by atoms with Gasteiger partial charge in [0.25, 0.3) is 0 Å². The molecule has 0 aromatic heterocycles. The highest BCUT2D eigenvalue weighted by Crippen LogP contribution is 2.34. The third kappa shape index (κ3) is 3.22. The van der Waals surface area contributed by atoms with E-state index >= 15 is 0 Å². The normalized spacial score (nSPS) is 18.8. The zero-order valence-electron chi connectivity index (χ0n) is 11.1.